The molecule has 0 saturated carbocycles. The molecule has 0 bridgehead atoms. The first kappa shape index (κ1) is 22.5. The predicted octanol–water partition coefficient (Wildman–Crippen LogP) is 4.87. The fourth-order valence-corrected chi connectivity index (χ4v) is 2.29. The number of unbranched alkanes of at least 4 members (excludes halogenated alkanes) is 3. The summed E-state index contributed by atoms with van der Waals surface area (Å²) in [5.74, 6) is -0.935. The third-order valence-corrected chi connectivity index (χ3v) is 3.99. The number of hydrogen-bond acceptors (Lipinski definition) is 1. The Morgan fingerprint density at radius 3 is 1.33 bits per heavy atom. The number of quaternary nitrogens is 1. The molecule has 0 spiro atoms. The van der Waals surface area contributed by atoms with Crippen molar-refractivity contribution in [2.75, 3.05) is 26.2 Å². The number of nitrogens with zero attached hydrogens (tertiary/aromatic N) is 1. The van der Waals surface area contributed by atoms with Gasteiger partial charge in [-0.05, 0) is 33.1 Å². The molecule has 0 heterocycles. The van der Waals surface area contributed by atoms with Crippen LogP contribution < -0.4 is 0 Å². The summed E-state index contributed by atoms with van der Waals surface area (Å²) in [6.45, 7) is 19.5. The molecule has 0 aromatic heterocycles. The average molecular weight is 301 g/mol. The van der Waals surface area contributed by atoms with E-state index >= 15 is 0 Å². The third kappa shape index (κ3) is 12.6. The topological polar surface area (TPSA) is 37.3 Å². The van der Waals surface area contributed by atoms with Gasteiger partial charge in [-0.3, -0.25) is 0 Å². The second kappa shape index (κ2) is 14.1. The van der Waals surface area contributed by atoms with E-state index in [1.165, 1.54) is 76.1 Å². The molecular weight excluding hydrogens is 262 g/mol. The van der Waals surface area contributed by atoms with E-state index in [-0.39, 0.29) is 5.57 Å². The van der Waals surface area contributed by atoms with E-state index in [0.717, 1.165) is 0 Å². The lowest BCUT2D eigenvalue weighted by Crippen LogP contribution is -2.49. The molecule has 0 aliphatic rings. The minimum atomic E-state index is -0.935. The van der Waals surface area contributed by atoms with Gasteiger partial charge in [0.15, 0.2) is 0 Å². The predicted molar refractivity (Wildman–Crippen MR) is 92.6 cm³/mol. The van der Waals surface area contributed by atoms with Crippen molar-refractivity contribution in [1.82, 2.24) is 0 Å². The van der Waals surface area contributed by atoms with Crippen LogP contribution >= 0.6 is 0 Å². The summed E-state index contributed by atoms with van der Waals surface area (Å²) in [6.07, 6.45) is 8.25. The lowest BCUT2D eigenvalue weighted by molar-refractivity contribution is -0.927. The monoisotopic (exact) mass is 300 g/mol. The lowest BCUT2D eigenvalue weighted by Gasteiger charge is -2.38. The molecule has 0 fully saturated rings. The highest BCUT2D eigenvalue weighted by molar-refractivity contribution is 5.84. The van der Waals surface area contributed by atoms with Crippen molar-refractivity contribution in [3.05, 3.63) is 12.2 Å². The zero-order valence-electron chi connectivity index (χ0n) is 15.1. The van der Waals surface area contributed by atoms with Crippen LogP contribution in [-0.2, 0) is 4.79 Å². The van der Waals surface area contributed by atoms with Crippen LogP contribution in [0.5, 0.6) is 0 Å². The Bertz CT molecular complexity index is 241. The van der Waals surface area contributed by atoms with Gasteiger partial charge in [0.25, 0.3) is 0 Å². The first-order chi connectivity index (χ1) is 9.89. The van der Waals surface area contributed by atoms with E-state index in [2.05, 4.69) is 34.3 Å². The molecule has 0 aliphatic heterocycles. The van der Waals surface area contributed by atoms with Crippen LogP contribution in [0.3, 0.4) is 0 Å². The van der Waals surface area contributed by atoms with Crippen LogP contribution in [0.15, 0.2) is 12.2 Å². The molecule has 21 heavy (non-hydrogen) atoms. The van der Waals surface area contributed by atoms with Crippen molar-refractivity contribution in [3.8, 4) is 0 Å². The van der Waals surface area contributed by atoms with E-state index in [1.54, 1.807) is 0 Å². The molecule has 0 aliphatic carbocycles. The van der Waals surface area contributed by atoms with Gasteiger partial charge in [0.05, 0.1) is 26.2 Å². The molecule has 126 valence electrons. The van der Waals surface area contributed by atoms with E-state index in [9.17, 15) is 4.79 Å². The smallest absolute Gasteiger partial charge is 0.330 e. The Morgan fingerprint density at radius 2 is 1.19 bits per heavy atom. The zero-order valence-corrected chi connectivity index (χ0v) is 15.1. The Hall–Kier alpha value is -0.830. The summed E-state index contributed by atoms with van der Waals surface area (Å²) in [4.78, 5) is 9.60. The number of hydrogen-bond donors (Lipinski definition) is 1. The van der Waals surface area contributed by atoms with Gasteiger partial charge in [-0.1, -0.05) is 46.6 Å². The Labute approximate surface area is 132 Å². The Balaban J connectivity index is 0. The molecule has 0 radical (unpaired) electrons. The maximum absolute atomic E-state index is 9.60. The fourth-order valence-electron chi connectivity index (χ4n) is 2.29. The highest BCUT2D eigenvalue weighted by atomic mass is 16.4. The number of carbonyl (C=O) groups is 1. The number of carboxylic acids is 1. The van der Waals surface area contributed by atoms with Gasteiger partial charge in [-0.25, -0.2) is 4.79 Å². The van der Waals surface area contributed by atoms with Gasteiger partial charge in [0, 0.05) is 5.57 Å². The van der Waals surface area contributed by atoms with Gasteiger partial charge < -0.3 is 9.59 Å². The minimum Gasteiger partial charge on any atom is -0.478 e. The summed E-state index contributed by atoms with van der Waals surface area (Å²) in [5, 5.41) is 7.89. The van der Waals surface area contributed by atoms with Gasteiger partial charge in [0.2, 0.25) is 0 Å². The highest BCUT2D eigenvalue weighted by Crippen LogP contribution is 2.14. The average Bonchev–Trinajstić information content (AvgIpc) is 2.47. The summed E-state index contributed by atoms with van der Waals surface area (Å²) in [7, 11) is 0. The summed E-state index contributed by atoms with van der Waals surface area (Å²) < 4.78 is 1.38. The maximum atomic E-state index is 9.60. The van der Waals surface area contributed by atoms with Crippen LogP contribution in [0.25, 0.3) is 0 Å². The molecule has 3 heteroatoms. The molecule has 0 rings (SSSR count). The van der Waals surface area contributed by atoms with Crippen LogP contribution in [0.1, 0.15) is 73.1 Å². The minimum absolute atomic E-state index is 0.176. The first-order valence-electron chi connectivity index (χ1n) is 8.62. The summed E-state index contributed by atoms with van der Waals surface area (Å²) in [5.41, 5.74) is 0.176. The van der Waals surface area contributed by atoms with Crippen molar-refractivity contribution in [2.24, 2.45) is 0 Å². The molecule has 3 nitrogen and oxygen atoms in total. The quantitative estimate of drug-likeness (QED) is 0.436. The van der Waals surface area contributed by atoms with Crippen molar-refractivity contribution in [2.45, 2.75) is 73.1 Å². The molecule has 0 saturated heterocycles. The molecule has 0 atom stereocenters. The molecular formula is C18H38NO2+. The largest absolute Gasteiger partial charge is 0.478 e. The van der Waals surface area contributed by atoms with Crippen LogP contribution in [0.4, 0.5) is 0 Å². The lowest BCUT2D eigenvalue weighted by atomic mass is 10.1. The number of rotatable bonds is 11. The normalized spacial score (nSPS) is 10.7. The second-order valence-electron chi connectivity index (χ2n) is 5.97. The third-order valence-electron chi connectivity index (χ3n) is 3.99. The van der Waals surface area contributed by atoms with E-state index in [4.69, 9.17) is 5.11 Å². The molecule has 1 N–H and O–H groups in total. The Morgan fingerprint density at radius 1 is 0.905 bits per heavy atom. The van der Waals surface area contributed by atoms with Crippen molar-refractivity contribution in [1.29, 1.82) is 0 Å². The van der Waals surface area contributed by atoms with Crippen LogP contribution in [-0.4, -0.2) is 41.7 Å². The fraction of sp³-hybridized carbons (Fsp3) is 0.833. The van der Waals surface area contributed by atoms with Gasteiger partial charge in [-0.2, -0.15) is 0 Å². The highest BCUT2D eigenvalue weighted by Gasteiger charge is 2.22. The zero-order chi connectivity index (χ0) is 16.7. The second-order valence-corrected chi connectivity index (χ2v) is 5.97. The maximum Gasteiger partial charge on any atom is 0.330 e. The Kier molecular flexibility index (Phi) is 15.1. The van der Waals surface area contributed by atoms with E-state index < -0.39 is 5.97 Å². The van der Waals surface area contributed by atoms with Crippen molar-refractivity contribution < 1.29 is 14.4 Å². The van der Waals surface area contributed by atoms with Crippen molar-refractivity contribution >= 4 is 5.97 Å². The number of aliphatic carboxylic acids is 1. The SMILES string of the molecule is C=C(C)C(=O)O.CCCC[N+](CC)(CCCC)CCCC. The first-order valence-corrected chi connectivity index (χ1v) is 8.62. The van der Waals surface area contributed by atoms with Crippen LogP contribution in [0.2, 0.25) is 0 Å². The van der Waals surface area contributed by atoms with Gasteiger partial charge in [-0.15, -0.1) is 0 Å². The number of carboxylic acid groups (broad SMARTS) is 1. The molecule has 0 aromatic carbocycles. The molecule has 0 amide bonds. The molecule has 0 aromatic rings. The van der Waals surface area contributed by atoms with E-state index in [1.807, 2.05) is 0 Å². The van der Waals surface area contributed by atoms with Gasteiger partial charge in [0.1, 0.15) is 0 Å². The van der Waals surface area contributed by atoms with Crippen LogP contribution in [0, 0.1) is 0 Å². The summed E-state index contributed by atoms with van der Waals surface area (Å²) >= 11 is 0. The molecule has 0 unspecified atom stereocenters. The van der Waals surface area contributed by atoms with E-state index in [0.29, 0.717) is 0 Å². The standard InChI is InChI=1S/C14H32N.C4H6O2/c1-5-9-12-15(8-4,13-10-6-2)14-11-7-3;1-3(2)4(5)6/h5-14H2,1-4H3;1H2,2H3,(H,5,6)/q+1;. The van der Waals surface area contributed by atoms with Gasteiger partial charge >= 0.3 is 5.97 Å². The summed E-state index contributed by atoms with van der Waals surface area (Å²) in [6, 6.07) is 0. The van der Waals surface area contributed by atoms with Crippen molar-refractivity contribution in [3.63, 3.8) is 0 Å².